The number of hydrogen-bond acceptors (Lipinski definition) is 5. The van der Waals surface area contributed by atoms with Crippen LogP contribution in [0.2, 0.25) is 0 Å². The molecule has 1 amide bonds. The van der Waals surface area contributed by atoms with Crippen LogP contribution < -0.4 is 10.0 Å². The van der Waals surface area contributed by atoms with Crippen molar-refractivity contribution >= 4 is 15.9 Å². The predicted octanol–water partition coefficient (Wildman–Crippen LogP) is 0.186. The number of carbonyl (C=O) groups excluding carboxylic acids is 1. The molecule has 0 aromatic heterocycles. The zero-order chi connectivity index (χ0) is 17.3. The number of hydrogen-bond donors (Lipinski definition) is 2. The zero-order valence-electron chi connectivity index (χ0n) is 13.9. The van der Waals surface area contributed by atoms with Crippen LogP contribution in [0.1, 0.15) is 23.7 Å². The van der Waals surface area contributed by atoms with E-state index in [2.05, 4.69) is 14.9 Å². The Balaban J connectivity index is 1.67. The van der Waals surface area contributed by atoms with E-state index in [-0.39, 0.29) is 29.0 Å². The highest BCUT2D eigenvalue weighted by Crippen LogP contribution is 2.24. The summed E-state index contributed by atoms with van der Waals surface area (Å²) in [5.74, 6) is -0.242. The number of rotatable bonds is 4. The van der Waals surface area contributed by atoms with E-state index in [4.69, 9.17) is 4.74 Å². The van der Waals surface area contributed by atoms with Crippen LogP contribution in [0.15, 0.2) is 29.2 Å². The lowest BCUT2D eigenvalue weighted by molar-refractivity contribution is -0.0390. The van der Waals surface area contributed by atoms with Gasteiger partial charge < -0.3 is 10.1 Å². The van der Waals surface area contributed by atoms with Gasteiger partial charge in [-0.2, -0.15) is 0 Å². The number of nitrogens with one attached hydrogen (secondary N) is 2. The van der Waals surface area contributed by atoms with Gasteiger partial charge in [-0.25, -0.2) is 13.1 Å². The van der Waals surface area contributed by atoms with Crippen molar-refractivity contribution in [3.8, 4) is 0 Å². The lowest BCUT2D eigenvalue weighted by atomic mass is 10.2. The molecule has 24 heavy (non-hydrogen) atoms. The third-order valence-electron chi connectivity index (χ3n) is 4.57. The van der Waals surface area contributed by atoms with Crippen LogP contribution in [0.3, 0.4) is 0 Å². The standard InChI is InChI=1S/C16H23N3O4S/c1-11-8-19-9-13(7-14(19)10-23-11)18-24(21,22)15-5-3-12(4-6-15)16(20)17-2/h3-6,11,13-14,18H,7-10H2,1-2H3,(H,17,20)/t11-,13-,14+/m1/s1. The molecule has 3 atom stereocenters. The molecule has 3 rings (SSSR count). The van der Waals surface area contributed by atoms with Gasteiger partial charge >= 0.3 is 0 Å². The minimum atomic E-state index is -3.60. The third kappa shape index (κ3) is 3.61. The number of carbonyl (C=O) groups is 1. The summed E-state index contributed by atoms with van der Waals surface area (Å²) < 4.78 is 33.5. The van der Waals surface area contributed by atoms with Gasteiger partial charge in [0.15, 0.2) is 0 Å². The summed E-state index contributed by atoms with van der Waals surface area (Å²) in [5.41, 5.74) is 0.431. The van der Waals surface area contributed by atoms with Crippen LogP contribution in [-0.2, 0) is 14.8 Å². The van der Waals surface area contributed by atoms with E-state index in [0.717, 1.165) is 13.0 Å². The Labute approximate surface area is 142 Å². The van der Waals surface area contributed by atoms with Crippen LogP contribution in [0.5, 0.6) is 0 Å². The minimum Gasteiger partial charge on any atom is -0.376 e. The lowest BCUT2D eigenvalue weighted by Crippen LogP contribution is -2.45. The molecule has 2 heterocycles. The number of benzene rings is 1. The van der Waals surface area contributed by atoms with Gasteiger partial charge in [0.1, 0.15) is 0 Å². The maximum atomic E-state index is 12.5. The molecule has 2 aliphatic heterocycles. The summed E-state index contributed by atoms with van der Waals surface area (Å²) >= 11 is 0. The van der Waals surface area contributed by atoms with Crippen molar-refractivity contribution < 1.29 is 17.9 Å². The maximum Gasteiger partial charge on any atom is 0.251 e. The first-order chi connectivity index (χ1) is 11.4. The van der Waals surface area contributed by atoms with Gasteiger partial charge in [0, 0.05) is 37.8 Å². The molecule has 7 nitrogen and oxygen atoms in total. The molecule has 0 unspecified atom stereocenters. The average Bonchev–Trinajstić information content (AvgIpc) is 2.94. The fraction of sp³-hybridized carbons (Fsp3) is 0.562. The highest BCUT2D eigenvalue weighted by molar-refractivity contribution is 7.89. The second kappa shape index (κ2) is 6.79. The maximum absolute atomic E-state index is 12.5. The zero-order valence-corrected chi connectivity index (χ0v) is 14.7. The number of morpholine rings is 1. The Kier molecular flexibility index (Phi) is 4.91. The largest absolute Gasteiger partial charge is 0.376 e. The van der Waals surface area contributed by atoms with Crippen molar-refractivity contribution in [3.63, 3.8) is 0 Å². The number of ether oxygens (including phenoxy) is 1. The molecular weight excluding hydrogens is 330 g/mol. The molecule has 2 fully saturated rings. The van der Waals surface area contributed by atoms with Crippen LogP contribution >= 0.6 is 0 Å². The van der Waals surface area contributed by atoms with E-state index in [1.807, 2.05) is 6.92 Å². The van der Waals surface area contributed by atoms with Gasteiger partial charge in [0.2, 0.25) is 10.0 Å². The van der Waals surface area contributed by atoms with Gasteiger partial charge in [-0.15, -0.1) is 0 Å². The molecule has 0 bridgehead atoms. The molecule has 0 spiro atoms. The summed E-state index contributed by atoms with van der Waals surface area (Å²) in [6, 6.07) is 6.11. The first-order valence-electron chi connectivity index (χ1n) is 8.09. The summed E-state index contributed by atoms with van der Waals surface area (Å²) in [6.45, 7) is 4.22. The first kappa shape index (κ1) is 17.3. The molecule has 8 heteroatoms. The second-order valence-corrected chi connectivity index (χ2v) is 8.12. The third-order valence-corrected chi connectivity index (χ3v) is 6.10. The van der Waals surface area contributed by atoms with Crippen molar-refractivity contribution in [2.24, 2.45) is 0 Å². The highest BCUT2D eigenvalue weighted by Gasteiger charge is 2.37. The van der Waals surface area contributed by atoms with E-state index in [1.54, 1.807) is 0 Å². The van der Waals surface area contributed by atoms with Crippen LogP contribution in [0.4, 0.5) is 0 Å². The Hall–Kier alpha value is -1.48. The molecule has 0 aliphatic carbocycles. The van der Waals surface area contributed by atoms with E-state index < -0.39 is 10.0 Å². The van der Waals surface area contributed by atoms with Crippen molar-refractivity contribution in [1.29, 1.82) is 0 Å². The summed E-state index contributed by atoms with van der Waals surface area (Å²) in [5, 5.41) is 2.51. The Bertz CT molecular complexity index is 705. The number of amides is 1. The molecule has 0 radical (unpaired) electrons. The topological polar surface area (TPSA) is 87.7 Å². The SMILES string of the molecule is CNC(=O)c1ccc(S(=O)(=O)N[C@@H]2C[C@H]3CO[C@H](C)CN3C2)cc1. The van der Waals surface area contributed by atoms with Gasteiger partial charge in [0.05, 0.1) is 17.6 Å². The van der Waals surface area contributed by atoms with E-state index in [0.29, 0.717) is 18.7 Å². The van der Waals surface area contributed by atoms with E-state index >= 15 is 0 Å². The molecule has 2 aliphatic rings. The Morgan fingerprint density at radius 2 is 1.96 bits per heavy atom. The van der Waals surface area contributed by atoms with Crippen LogP contribution in [0.25, 0.3) is 0 Å². The number of fused-ring (bicyclic) bond motifs is 1. The highest BCUT2D eigenvalue weighted by atomic mass is 32.2. The number of sulfonamides is 1. The second-order valence-electron chi connectivity index (χ2n) is 6.41. The van der Waals surface area contributed by atoms with Crippen molar-refractivity contribution in [3.05, 3.63) is 29.8 Å². The summed E-state index contributed by atoms with van der Waals surface area (Å²) in [4.78, 5) is 14.0. The molecule has 1 aromatic carbocycles. The normalized spacial score (nSPS) is 27.7. The smallest absolute Gasteiger partial charge is 0.251 e. The van der Waals surface area contributed by atoms with Gasteiger partial charge in [-0.1, -0.05) is 0 Å². The van der Waals surface area contributed by atoms with Crippen molar-refractivity contribution in [2.75, 3.05) is 26.7 Å². The quantitative estimate of drug-likeness (QED) is 0.807. The van der Waals surface area contributed by atoms with E-state index in [9.17, 15) is 13.2 Å². The minimum absolute atomic E-state index is 0.118. The first-order valence-corrected chi connectivity index (χ1v) is 9.57. The summed E-state index contributed by atoms with van der Waals surface area (Å²) in [6.07, 6.45) is 0.941. The molecule has 132 valence electrons. The van der Waals surface area contributed by atoms with Crippen molar-refractivity contribution in [1.82, 2.24) is 14.9 Å². The van der Waals surface area contributed by atoms with Gasteiger partial charge in [-0.3, -0.25) is 9.69 Å². The molecular formula is C16H23N3O4S. The lowest BCUT2D eigenvalue weighted by Gasteiger charge is -2.33. The van der Waals surface area contributed by atoms with E-state index in [1.165, 1.54) is 31.3 Å². The Morgan fingerprint density at radius 1 is 1.25 bits per heavy atom. The van der Waals surface area contributed by atoms with Crippen molar-refractivity contribution in [2.45, 2.75) is 36.4 Å². The van der Waals surface area contributed by atoms with Crippen LogP contribution in [-0.4, -0.2) is 64.2 Å². The Morgan fingerprint density at radius 3 is 2.62 bits per heavy atom. The molecule has 2 saturated heterocycles. The summed E-state index contributed by atoms with van der Waals surface area (Å²) in [7, 11) is -2.06. The average molecular weight is 353 g/mol. The molecule has 1 aromatic rings. The predicted molar refractivity (Wildman–Crippen MR) is 89.3 cm³/mol. The van der Waals surface area contributed by atoms with Gasteiger partial charge in [-0.05, 0) is 37.6 Å². The van der Waals surface area contributed by atoms with Gasteiger partial charge in [0.25, 0.3) is 5.91 Å². The molecule has 0 saturated carbocycles. The fourth-order valence-electron chi connectivity index (χ4n) is 3.34. The fourth-order valence-corrected chi connectivity index (χ4v) is 4.58. The van der Waals surface area contributed by atoms with Crippen LogP contribution in [0, 0.1) is 0 Å². The monoisotopic (exact) mass is 353 g/mol. The number of nitrogens with zero attached hydrogens (tertiary/aromatic N) is 1. The molecule has 2 N–H and O–H groups in total.